The highest BCUT2D eigenvalue weighted by Gasteiger charge is 2.50. The van der Waals surface area contributed by atoms with Crippen LogP contribution in [0, 0.1) is 20.8 Å². The SMILES string of the molecule is Cc1cc(C)c(C(=O)CC2(O)C(=O)N(Cc3cccc(Cl)c3)c3ccccc32)c(C)c1. The van der Waals surface area contributed by atoms with Crippen molar-refractivity contribution in [2.45, 2.75) is 39.3 Å². The van der Waals surface area contributed by atoms with Gasteiger partial charge in [-0.15, -0.1) is 0 Å². The molecule has 0 aromatic heterocycles. The van der Waals surface area contributed by atoms with Gasteiger partial charge in [0, 0.05) is 16.1 Å². The van der Waals surface area contributed by atoms with Gasteiger partial charge in [-0.05, 0) is 55.7 Å². The molecule has 4 nitrogen and oxygen atoms in total. The molecular weight excluding hydrogens is 410 g/mol. The predicted octanol–water partition coefficient (Wildman–Crippen LogP) is 5.27. The Balaban J connectivity index is 1.71. The molecular formula is C26H24ClNO3. The van der Waals surface area contributed by atoms with Crippen molar-refractivity contribution >= 4 is 29.0 Å². The van der Waals surface area contributed by atoms with Crippen molar-refractivity contribution < 1.29 is 14.7 Å². The minimum absolute atomic E-state index is 0.245. The van der Waals surface area contributed by atoms with Gasteiger partial charge in [-0.25, -0.2) is 0 Å². The number of ketones is 1. The molecule has 0 spiro atoms. The van der Waals surface area contributed by atoms with Crippen LogP contribution in [0.2, 0.25) is 5.02 Å². The number of hydrogen-bond donors (Lipinski definition) is 1. The second-order valence-corrected chi connectivity index (χ2v) is 8.71. The molecule has 31 heavy (non-hydrogen) atoms. The van der Waals surface area contributed by atoms with E-state index >= 15 is 0 Å². The molecule has 158 valence electrons. The maximum Gasteiger partial charge on any atom is 0.264 e. The van der Waals surface area contributed by atoms with Crippen LogP contribution in [-0.4, -0.2) is 16.8 Å². The lowest BCUT2D eigenvalue weighted by molar-refractivity contribution is -0.136. The molecule has 0 aliphatic carbocycles. The van der Waals surface area contributed by atoms with Gasteiger partial charge in [0.25, 0.3) is 5.91 Å². The van der Waals surface area contributed by atoms with Crippen molar-refractivity contribution in [3.63, 3.8) is 0 Å². The monoisotopic (exact) mass is 433 g/mol. The molecule has 0 saturated carbocycles. The molecule has 0 radical (unpaired) electrons. The van der Waals surface area contributed by atoms with Crippen LogP contribution in [0.5, 0.6) is 0 Å². The molecule has 1 aliphatic rings. The number of amides is 1. The predicted molar refractivity (Wildman–Crippen MR) is 123 cm³/mol. The number of aryl methyl sites for hydroxylation is 3. The maximum atomic E-state index is 13.5. The lowest BCUT2D eigenvalue weighted by atomic mass is 9.85. The Labute approximate surface area is 187 Å². The average molecular weight is 434 g/mol. The Morgan fingerprint density at radius 1 is 1.00 bits per heavy atom. The van der Waals surface area contributed by atoms with E-state index in [2.05, 4.69) is 0 Å². The number of rotatable bonds is 5. The Morgan fingerprint density at radius 2 is 1.68 bits per heavy atom. The number of aliphatic hydroxyl groups is 1. The van der Waals surface area contributed by atoms with Crippen LogP contribution < -0.4 is 4.90 Å². The van der Waals surface area contributed by atoms with Crippen molar-refractivity contribution in [2.75, 3.05) is 4.90 Å². The molecule has 0 fully saturated rings. The Hall–Kier alpha value is -2.95. The standard InChI is InChI=1S/C26H24ClNO3/c1-16-11-17(2)24(18(3)12-16)23(29)14-26(31)21-9-4-5-10-22(21)28(25(26)30)15-19-7-6-8-20(27)13-19/h4-13,31H,14-15H2,1-3H3. The number of para-hydroxylation sites is 1. The van der Waals surface area contributed by atoms with E-state index in [4.69, 9.17) is 11.6 Å². The van der Waals surface area contributed by atoms with Gasteiger partial charge >= 0.3 is 0 Å². The Morgan fingerprint density at radius 3 is 2.35 bits per heavy atom. The number of carbonyl (C=O) groups excluding carboxylic acids is 2. The van der Waals surface area contributed by atoms with Gasteiger partial charge in [0.2, 0.25) is 0 Å². The highest BCUT2D eigenvalue weighted by Crippen LogP contribution is 2.43. The van der Waals surface area contributed by atoms with Crippen LogP contribution in [-0.2, 0) is 16.9 Å². The summed E-state index contributed by atoms with van der Waals surface area (Å²) in [6, 6.07) is 18.2. The summed E-state index contributed by atoms with van der Waals surface area (Å²) in [4.78, 5) is 28.3. The van der Waals surface area contributed by atoms with Crippen molar-refractivity contribution in [2.24, 2.45) is 0 Å². The number of fused-ring (bicyclic) bond motifs is 1. The second kappa shape index (κ2) is 7.95. The Kier molecular flexibility index (Phi) is 5.46. The number of benzene rings is 3. The van der Waals surface area contributed by atoms with Crippen LogP contribution in [0.4, 0.5) is 5.69 Å². The topological polar surface area (TPSA) is 57.6 Å². The number of Topliss-reactive ketones (excluding diaryl/α,β-unsaturated/α-hetero) is 1. The van der Waals surface area contributed by atoms with E-state index in [9.17, 15) is 14.7 Å². The van der Waals surface area contributed by atoms with Gasteiger partial charge in [-0.1, -0.05) is 59.6 Å². The third kappa shape index (κ3) is 3.78. The van der Waals surface area contributed by atoms with E-state index < -0.39 is 11.5 Å². The summed E-state index contributed by atoms with van der Waals surface area (Å²) < 4.78 is 0. The summed E-state index contributed by atoms with van der Waals surface area (Å²) in [7, 11) is 0. The van der Waals surface area contributed by atoms with Crippen LogP contribution in [0.25, 0.3) is 0 Å². The third-order valence-electron chi connectivity index (χ3n) is 5.84. The number of anilines is 1. The van der Waals surface area contributed by atoms with E-state index in [0.29, 0.717) is 21.8 Å². The van der Waals surface area contributed by atoms with Gasteiger partial charge < -0.3 is 10.0 Å². The second-order valence-electron chi connectivity index (χ2n) is 8.27. The van der Waals surface area contributed by atoms with Gasteiger partial charge in [0.05, 0.1) is 18.7 Å². The van der Waals surface area contributed by atoms with E-state index in [-0.39, 0.29) is 18.7 Å². The fourth-order valence-electron chi connectivity index (χ4n) is 4.59. The van der Waals surface area contributed by atoms with E-state index in [1.807, 2.05) is 51.1 Å². The molecule has 1 atom stereocenters. The van der Waals surface area contributed by atoms with E-state index in [1.54, 1.807) is 30.3 Å². The minimum atomic E-state index is -1.91. The normalized spacial score (nSPS) is 17.7. The quantitative estimate of drug-likeness (QED) is 0.557. The summed E-state index contributed by atoms with van der Waals surface area (Å²) in [5, 5.41) is 12.1. The first-order valence-corrected chi connectivity index (χ1v) is 10.6. The smallest absolute Gasteiger partial charge is 0.264 e. The fourth-order valence-corrected chi connectivity index (χ4v) is 4.81. The van der Waals surface area contributed by atoms with Crippen molar-refractivity contribution in [3.8, 4) is 0 Å². The van der Waals surface area contributed by atoms with Gasteiger partial charge in [-0.2, -0.15) is 0 Å². The van der Waals surface area contributed by atoms with Gasteiger partial charge in [-0.3, -0.25) is 9.59 Å². The van der Waals surface area contributed by atoms with Crippen molar-refractivity contribution in [1.82, 2.24) is 0 Å². The number of nitrogens with zero attached hydrogens (tertiary/aromatic N) is 1. The first-order chi connectivity index (χ1) is 14.7. The summed E-state index contributed by atoms with van der Waals surface area (Å²) in [5.74, 6) is -0.741. The lowest BCUT2D eigenvalue weighted by Gasteiger charge is -2.23. The molecule has 0 bridgehead atoms. The summed E-state index contributed by atoms with van der Waals surface area (Å²) >= 11 is 6.10. The van der Waals surface area contributed by atoms with Gasteiger partial charge in [0.1, 0.15) is 0 Å². The Bertz CT molecular complexity index is 1180. The summed E-state index contributed by atoms with van der Waals surface area (Å²) in [6.45, 7) is 6.00. The minimum Gasteiger partial charge on any atom is -0.375 e. The summed E-state index contributed by atoms with van der Waals surface area (Å²) in [5.41, 5.74) is 3.34. The molecule has 1 aliphatic heterocycles. The molecule has 1 amide bonds. The van der Waals surface area contributed by atoms with Crippen molar-refractivity contribution in [1.29, 1.82) is 0 Å². The van der Waals surface area contributed by atoms with Crippen LogP contribution in [0.1, 0.15) is 44.6 Å². The van der Waals surface area contributed by atoms with E-state index in [0.717, 1.165) is 22.3 Å². The van der Waals surface area contributed by atoms with Crippen LogP contribution in [0.15, 0.2) is 60.7 Å². The maximum absolute atomic E-state index is 13.5. The number of carbonyl (C=O) groups is 2. The molecule has 3 aromatic rings. The average Bonchev–Trinajstić information content (AvgIpc) is 2.89. The van der Waals surface area contributed by atoms with Crippen LogP contribution in [0.3, 0.4) is 0 Å². The molecule has 1 heterocycles. The molecule has 3 aromatic carbocycles. The zero-order valence-electron chi connectivity index (χ0n) is 17.8. The number of halogens is 1. The largest absolute Gasteiger partial charge is 0.375 e. The zero-order chi connectivity index (χ0) is 22.3. The molecule has 0 saturated heterocycles. The molecule has 5 heteroatoms. The molecule has 4 rings (SSSR count). The first-order valence-electron chi connectivity index (χ1n) is 10.2. The highest BCUT2D eigenvalue weighted by atomic mass is 35.5. The summed E-state index contributed by atoms with van der Waals surface area (Å²) in [6.07, 6.45) is -0.306. The zero-order valence-corrected chi connectivity index (χ0v) is 18.5. The van der Waals surface area contributed by atoms with Crippen molar-refractivity contribution in [3.05, 3.63) is 99.1 Å². The lowest BCUT2D eigenvalue weighted by Crippen LogP contribution is -2.41. The fraction of sp³-hybridized carbons (Fsp3) is 0.231. The number of hydrogen-bond acceptors (Lipinski definition) is 3. The molecule has 1 unspecified atom stereocenters. The first kappa shape index (κ1) is 21.3. The third-order valence-corrected chi connectivity index (χ3v) is 6.08. The van der Waals surface area contributed by atoms with Crippen LogP contribution >= 0.6 is 11.6 Å². The van der Waals surface area contributed by atoms with Gasteiger partial charge in [0.15, 0.2) is 11.4 Å². The molecule has 1 N–H and O–H groups in total. The highest BCUT2D eigenvalue weighted by molar-refractivity contribution is 6.30. The van der Waals surface area contributed by atoms with E-state index in [1.165, 1.54) is 4.90 Å².